The number of phenolic OH excluding ortho intramolecular Hbond substituents is 1. The van der Waals surface area contributed by atoms with Crippen molar-refractivity contribution in [2.75, 3.05) is 0 Å². The number of phenols is 1. The van der Waals surface area contributed by atoms with Crippen molar-refractivity contribution in [1.82, 2.24) is 0 Å². The maximum Gasteiger partial charge on any atom is 0.204 e. The molecular formula is C25H24O6. The Morgan fingerprint density at radius 1 is 1.16 bits per heavy atom. The fourth-order valence-corrected chi connectivity index (χ4v) is 4.14. The standard InChI is InChI=1S/C25H24O6/c1-24(2)8-7-14-9-13(5-6-18(14)31-24)16-12-29-23-15-10-20(25(3,4)28)30-19(15)11-17(26)21(23)22(16)27/h5-9,11-12,20,26,28H,10H2,1-4H3/t20-/m1/s1. The highest BCUT2D eigenvalue weighted by molar-refractivity contribution is 5.91. The molecule has 2 N–H and O–H groups in total. The van der Waals surface area contributed by atoms with E-state index in [9.17, 15) is 15.0 Å². The van der Waals surface area contributed by atoms with E-state index in [0.29, 0.717) is 34.4 Å². The van der Waals surface area contributed by atoms with Crippen LogP contribution >= 0.6 is 0 Å². The molecule has 0 unspecified atom stereocenters. The summed E-state index contributed by atoms with van der Waals surface area (Å²) in [6.45, 7) is 7.28. The summed E-state index contributed by atoms with van der Waals surface area (Å²) in [6, 6.07) is 6.94. The fraction of sp³-hybridized carbons (Fsp3) is 0.320. The van der Waals surface area contributed by atoms with Gasteiger partial charge in [-0.2, -0.15) is 0 Å². The summed E-state index contributed by atoms with van der Waals surface area (Å²) in [5.41, 5.74) is 1.08. The number of aromatic hydroxyl groups is 1. The van der Waals surface area contributed by atoms with Gasteiger partial charge in [-0.15, -0.1) is 0 Å². The number of fused-ring (bicyclic) bond motifs is 4. The molecule has 0 spiro atoms. The van der Waals surface area contributed by atoms with Gasteiger partial charge in [0.2, 0.25) is 5.43 Å². The molecule has 0 amide bonds. The molecule has 1 aromatic heterocycles. The van der Waals surface area contributed by atoms with Crippen LogP contribution in [0.3, 0.4) is 0 Å². The second-order valence-corrected chi connectivity index (χ2v) is 9.31. The molecule has 5 rings (SSSR count). The Labute approximate surface area is 179 Å². The van der Waals surface area contributed by atoms with Crippen molar-refractivity contribution in [2.24, 2.45) is 0 Å². The third kappa shape index (κ3) is 3.18. The summed E-state index contributed by atoms with van der Waals surface area (Å²) >= 11 is 0. The normalized spacial score (nSPS) is 18.9. The van der Waals surface area contributed by atoms with E-state index >= 15 is 0 Å². The number of ether oxygens (including phenoxy) is 2. The van der Waals surface area contributed by atoms with Crippen LogP contribution in [0.2, 0.25) is 0 Å². The van der Waals surface area contributed by atoms with E-state index in [0.717, 1.165) is 11.3 Å². The monoisotopic (exact) mass is 420 g/mol. The maximum atomic E-state index is 13.3. The van der Waals surface area contributed by atoms with Gasteiger partial charge in [-0.05, 0) is 51.5 Å². The summed E-state index contributed by atoms with van der Waals surface area (Å²) in [6.07, 6.45) is 5.25. The van der Waals surface area contributed by atoms with Gasteiger partial charge in [-0.25, -0.2) is 0 Å². The van der Waals surface area contributed by atoms with Crippen molar-refractivity contribution in [3.63, 3.8) is 0 Å². The molecule has 160 valence electrons. The zero-order valence-corrected chi connectivity index (χ0v) is 17.9. The first-order valence-electron chi connectivity index (χ1n) is 10.3. The van der Waals surface area contributed by atoms with Gasteiger partial charge in [0.1, 0.15) is 46.2 Å². The average molecular weight is 420 g/mol. The maximum absolute atomic E-state index is 13.3. The molecule has 6 nitrogen and oxygen atoms in total. The first kappa shape index (κ1) is 19.7. The number of benzene rings is 2. The predicted octanol–water partition coefficient (Wildman–Crippen LogP) is 4.42. The first-order valence-corrected chi connectivity index (χ1v) is 10.3. The second-order valence-electron chi connectivity index (χ2n) is 9.31. The Bertz CT molecular complexity index is 1310. The quantitative estimate of drug-likeness (QED) is 0.638. The summed E-state index contributed by atoms with van der Waals surface area (Å²) in [7, 11) is 0. The van der Waals surface area contributed by atoms with Gasteiger partial charge in [-0.1, -0.05) is 12.1 Å². The zero-order chi connectivity index (χ0) is 22.1. The molecule has 31 heavy (non-hydrogen) atoms. The van der Waals surface area contributed by atoms with E-state index in [1.165, 1.54) is 12.3 Å². The summed E-state index contributed by atoms with van der Waals surface area (Å²) in [5, 5.41) is 21.0. The Balaban J connectivity index is 1.63. The van der Waals surface area contributed by atoms with Crippen molar-refractivity contribution in [3.05, 3.63) is 58.0 Å². The summed E-state index contributed by atoms with van der Waals surface area (Å²) < 4.78 is 17.6. The third-order valence-corrected chi connectivity index (χ3v) is 5.89. The van der Waals surface area contributed by atoms with Gasteiger partial charge in [-0.3, -0.25) is 4.79 Å². The molecule has 2 aromatic carbocycles. The van der Waals surface area contributed by atoms with E-state index in [4.69, 9.17) is 13.9 Å². The molecule has 0 bridgehead atoms. The van der Waals surface area contributed by atoms with Crippen LogP contribution in [-0.2, 0) is 6.42 Å². The average Bonchev–Trinajstić information content (AvgIpc) is 3.12. The lowest BCUT2D eigenvalue weighted by atomic mass is 9.95. The van der Waals surface area contributed by atoms with E-state index in [-0.39, 0.29) is 22.2 Å². The van der Waals surface area contributed by atoms with Crippen LogP contribution < -0.4 is 14.9 Å². The van der Waals surface area contributed by atoms with Gasteiger partial charge in [0.25, 0.3) is 0 Å². The van der Waals surface area contributed by atoms with Crippen LogP contribution in [0.25, 0.3) is 28.2 Å². The van der Waals surface area contributed by atoms with Crippen LogP contribution in [0.5, 0.6) is 17.2 Å². The van der Waals surface area contributed by atoms with E-state index in [2.05, 4.69) is 0 Å². The molecule has 2 aliphatic rings. The SMILES string of the molecule is CC1(C)C=Cc2cc(-c3coc4c5c(cc(O)c4c3=O)O[C@@H](C(C)(C)O)C5)ccc2O1. The highest BCUT2D eigenvalue weighted by Crippen LogP contribution is 2.42. The molecule has 0 radical (unpaired) electrons. The van der Waals surface area contributed by atoms with Gasteiger partial charge in [0.15, 0.2) is 0 Å². The first-order chi connectivity index (χ1) is 14.5. The van der Waals surface area contributed by atoms with Crippen LogP contribution in [0.1, 0.15) is 38.8 Å². The summed E-state index contributed by atoms with van der Waals surface area (Å²) in [5.74, 6) is 0.965. The Kier molecular flexibility index (Phi) is 4.05. The molecular weight excluding hydrogens is 396 g/mol. The van der Waals surface area contributed by atoms with Crippen LogP contribution in [-0.4, -0.2) is 27.5 Å². The van der Waals surface area contributed by atoms with Crippen molar-refractivity contribution >= 4 is 17.0 Å². The van der Waals surface area contributed by atoms with Crippen molar-refractivity contribution in [1.29, 1.82) is 0 Å². The predicted molar refractivity (Wildman–Crippen MR) is 118 cm³/mol. The van der Waals surface area contributed by atoms with Gasteiger partial charge in [0.05, 0.1) is 11.2 Å². The van der Waals surface area contributed by atoms with E-state index < -0.39 is 11.7 Å². The molecule has 0 saturated carbocycles. The highest BCUT2D eigenvalue weighted by atomic mass is 16.5. The fourth-order valence-electron chi connectivity index (χ4n) is 4.14. The van der Waals surface area contributed by atoms with E-state index in [1.807, 2.05) is 44.2 Å². The minimum Gasteiger partial charge on any atom is -0.507 e. The molecule has 0 fully saturated rings. The smallest absolute Gasteiger partial charge is 0.204 e. The molecule has 2 aliphatic heterocycles. The van der Waals surface area contributed by atoms with Gasteiger partial charge in [0, 0.05) is 23.6 Å². The number of rotatable bonds is 2. The molecule has 3 aromatic rings. The number of hydrogen-bond acceptors (Lipinski definition) is 6. The van der Waals surface area contributed by atoms with E-state index in [1.54, 1.807) is 13.8 Å². The lowest BCUT2D eigenvalue weighted by molar-refractivity contribution is -0.0229. The third-order valence-electron chi connectivity index (χ3n) is 5.89. The van der Waals surface area contributed by atoms with Crippen LogP contribution in [0.15, 0.2) is 45.8 Å². The molecule has 3 heterocycles. The van der Waals surface area contributed by atoms with Crippen LogP contribution in [0.4, 0.5) is 0 Å². The lowest BCUT2D eigenvalue weighted by Gasteiger charge is -2.28. The zero-order valence-electron chi connectivity index (χ0n) is 17.9. The lowest BCUT2D eigenvalue weighted by Crippen LogP contribution is -2.39. The molecule has 0 saturated heterocycles. The van der Waals surface area contributed by atoms with Gasteiger partial charge >= 0.3 is 0 Å². The minimum atomic E-state index is -1.07. The molecule has 6 heteroatoms. The summed E-state index contributed by atoms with van der Waals surface area (Å²) in [4.78, 5) is 13.3. The van der Waals surface area contributed by atoms with Crippen molar-refractivity contribution in [2.45, 2.75) is 51.4 Å². The van der Waals surface area contributed by atoms with Gasteiger partial charge < -0.3 is 24.1 Å². The van der Waals surface area contributed by atoms with Crippen molar-refractivity contribution in [3.8, 4) is 28.4 Å². The Morgan fingerprint density at radius 3 is 2.68 bits per heavy atom. The second kappa shape index (κ2) is 6.37. The number of hydrogen-bond donors (Lipinski definition) is 2. The highest BCUT2D eigenvalue weighted by Gasteiger charge is 2.37. The number of aliphatic hydroxyl groups is 1. The Hall–Kier alpha value is -3.25. The largest absolute Gasteiger partial charge is 0.507 e. The van der Waals surface area contributed by atoms with Crippen molar-refractivity contribution < 1.29 is 24.1 Å². The minimum absolute atomic E-state index is 0.113. The Morgan fingerprint density at radius 2 is 1.94 bits per heavy atom. The molecule has 0 aliphatic carbocycles. The topological polar surface area (TPSA) is 89.1 Å². The molecule has 1 atom stereocenters. The van der Waals surface area contributed by atoms with Crippen LogP contribution in [0, 0.1) is 0 Å².